The highest BCUT2D eigenvalue weighted by Crippen LogP contribution is 2.04. The van der Waals surface area contributed by atoms with Crippen LogP contribution in [0.4, 0.5) is 0 Å². The predicted molar refractivity (Wildman–Crippen MR) is 125 cm³/mol. The van der Waals surface area contributed by atoms with Gasteiger partial charge in [0, 0.05) is 12.2 Å². The van der Waals surface area contributed by atoms with Crippen LogP contribution >= 0.6 is 12.6 Å². The Hall–Kier alpha value is -3.65. The number of hydrogen-bond donors (Lipinski definition) is 8. The average Bonchev–Trinajstić information content (AvgIpc) is 2.79. The molecule has 0 fully saturated rings. The van der Waals surface area contributed by atoms with Crippen molar-refractivity contribution in [1.29, 1.82) is 0 Å². The summed E-state index contributed by atoms with van der Waals surface area (Å²) in [6.07, 6.45) is -1.61. The van der Waals surface area contributed by atoms with Gasteiger partial charge in [-0.3, -0.25) is 24.0 Å². The number of hydrogen-bond acceptors (Lipinski definition) is 8. The molecule has 0 heterocycles. The van der Waals surface area contributed by atoms with E-state index in [1.165, 1.54) is 0 Å². The van der Waals surface area contributed by atoms with Crippen LogP contribution < -0.4 is 21.7 Å². The topological polar surface area (TPSA) is 225 Å². The number of carbonyl (C=O) groups excluding carboxylic acids is 3. The number of carboxylic acids is 3. The minimum Gasteiger partial charge on any atom is -0.481 e. The first-order chi connectivity index (χ1) is 16.4. The second-order valence-corrected chi connectivity index (χ2v) is 7.90. The van der Waals surface area contributed by atoms with Crippen LogP contribution in [0, 0.1) is 0 Å². The van der Waals surface area contributed by atoms with Gasteiger partial charge in [0.25, 0.3) is 0 Å². The molecule has 1 aromatic rings. The first-order valence-electron chi connectivity index (χ1n) is 10.4. The molecule has 0 aliphatic heterocycles. The Bertz CT molecular complexity index is 929. The maximum atomic E-state index is 12.7. The van der Waals surface area contributed by atoms with Crippen LogP contribution in [0.5, 0.6) is 0 Å². The number of aliphatic carboxylic acids is 3. The highest BCUT2D eigenvalue weighted by molar-refractivity contribution is 7.80. The van der Waals surface area contributed by atoms with E-state index in [4.69, 9.17) is 15.9 Å². The summed E-state index contributed by atoms with van der Waals surface area (Å²) in [6, 6.07) is 3.15. The van der Waals surface area contributed by atoms with E-state index in [1.807, 2.05) is 0 Å². The van der Waals surface area contributed by atoms with Gasteiger partial charge in [-0.1, -0.05) is 30.3 Å². The maximum absolute atomic E-state index is 12.7. The molecule has 1 aromatic carbocycles. The number of nitrogens with two attached hydrogens (primary N) is 1. The predicted octanol–water partition coefficient (Wildman–Crippen LogP) is -1.64. The largest absolute Gasteiger partial charge is 0.481 e. The Morgan fingerprint density at radius 3 is 1.86 bits per heavy atom. The summed E-state index contributed by atoms with van der Waals surface area (Å²) in [6.45, 7) is 0. The molecule has 1 rings (SSSR count). The molecule has 192 valence electrons. The van der Waals surface area contributed by atoms with E-state index >= 15 is 0 Å². The minimum atomic E-state index is -1.58. The summed E-state index contributed by atoms with van der Waals surface area (Å²) >= 11 is 3.94. The average molecular weight is 513 g/mol. The van der Waals surface area contributed by atoms with E-state index in [9.17, 15) is 33.9 Å². The van der Waals surface area contributed by atoms with Crippen molar-refractivity contribution in [3.63, 3.8) is 0 Å². The van der Waals surface area contributed by atoms with E-state index in [0.717, 1.165) is 5.56 Å². The van der Waals surface area contributed by atoms with Gasteiger partial charge in [-0.25, -0.2) is 4.79 Å². The summed E-state index contributed by atoms with van der Waals surface area (Å²) < 4.78 is 0. The molecule has 13 nitrogen and oxygen atoms in total. The quantitative estimate of drug-likeness (QED) is 0.125. The number of benzene rings is 1. The van der Waals surface area contributed by atoms with Gasteiger partial charge in [0.05, 0.1) is 12.5 Å². The Labute approximate surface area is 205 Å². The highest BCUT2D eigenvalue weighted by atomic mass is 32.1. The number of carboxylic acid groups (broad SMARTS) is 3. The molecule has 0 aliphatic carbocycles. The van der Waals surface area contributed by atoms with E-state index in [2.05, 4.69) is 28.6 Å². The summed E-state index contributed by atoms with van der Waals surface area (Å²) in [4.78, 5) is 70.8. The Morgan fingerprint density at radius 1 is 0.800 bits per heavy atom. The van der Waals surface area contributed by atoms with E-state index in [-0.39, 0.29) is 12.2 Å². The van der Waals surface area contributed by atoms with Gasteiger partial charge in [-0.2, -0.15) is 12.6 Å². The molecule has 0 saturated heterocycles. The molecule has 0 bridgehead atoms. The van der Waals surface area contributed by atoms with Crippen molar-refractivity contribution in [2.24, 2.45) is 5.73 Å². The first-order valence-corrected chi connectivity index (χ1v) is 11.1. The van der Waals surface area contributed by atoms with Gasteiger partial charge in [0.1, 0.15) is 18.1 Å². The fourth-order valence-corrected chi connectivity index (χ4v) is 3.14. The van der Waals surface area contributed by atoms with Gasteiger partial charge in [0.2, 0.25) is 17.7 Å². The van der Waals surface area contributed by atoms with Crippen molar-refractivity contribution in [1.82, 2.24) is 16.0 Å². The number of thiol groups is 1. The Balaban J connectivity index is 2.84. The molecular formula is C21H28N4O9S. The van der Waals surface area contributed by atoms with Crippen LogP contribution in [0.2, 0.25) is 0 Å². The van der Waals surface area contributed by atoms with Crippen molar-refractivity contribution >= 4 is 48.3 Å². The second-order valence-electron chi connectivity index (χ2n) is 7.53. The van der Waals surface area contributed by atoms with E-state index < -0.39 is 79.1 Å². The maximum Gasteiger partial charge on any atom is 0.326 e. The SMILES string of the molecule is NC(Cc1ccccc1)C(=O)NC(CC(=O)O)C(=O)NC(CS)C(=O)NC(CCC(=O)O)C(=O)O. The van der Waals surface area contributed by atoms with Crippen LogP contribution in [-0.4, -0.2) is 80.9 Å². The summed E-state index contributed by atoms with van der Waals surface area (Å²) in [5.41, 5.74) is 6.62. The number of amides is 3. The number of nitrogens with one attached hydrogen (secondary N) is 3. The lowest BCUT2D eigenvalue weighted by Gasteiger charge is -2.23. The lowest BCUT2D eigenvalue weighted by atomic mass is 10.1. The molecule has 3 amide bonds. The van der Waals surface area contributed by atoms with Gasteiger partial charge < -0.3 is 37.0 Å². The number of carbonyl (C=O) groups is 6. The molecule has 0 aromatic heterocycles. The zero-order chi connectivity index (χ0) is 26.5. The smallest absolute Gasteiger partial charge is 0.326 e. The second kappa shape index (κ2) is 14.6. The van der Waals surface area contributed by atoms with Gasteiger partial charge >= 0.3 is 17.9 Å². The van der Waals surface area contributed by atoms with Gasteiger partial charge in [-0.15, -0.1) is 0 Å². The molecule has 4 atom stereocenters. The van der Waals surface area contributed by atoms with E-state index in [1.54, 1.807) is 30.3 Å². The molecule has 35 heavy (non-hydrogen) atoms. The zero-order valence-electron chi connectivity index (χ0n) is 18.5. The minimum absolute atomic E-state index is 0.128. The molecule has 0 aliphatic rings. The lowest BCUT2D eigenvalue weighted by Crippen LogP contribution is -2.58. The van der Waals surface area contributed by atoms with Crippen LogP contribution in [0.3, 0.4) is 0 Å². The molecule has 8 N–H and O–H groups in total. The first kappa shape index (κ1) is 29.4. The third kappa shape index (κ3) is 10.9. The van der Waals surface area contributed by atoms with Crippen molar-refractivity contribution in [3.8, 4) is 0 Å². The van der Waals surface area contributed by atoms with Crippen LogP contribution in [-0.2, 0) is 35.2 Å². The molecule has 0 spiro atoms. The Morgan fingerprint density at radius 2 is 1.34 bits per heavy atom. The van der Waals surface area contributed by atoms with Crippen molar-refractivity contribution in [2.75, 3.05) is 5.75 Å². The van der Waals surface area contributed by atoms with Gasteiger partial charge in [0.15, 0.2) is 0 Å². The number of rotatable bonds is 15. The highest BCUT2D eigenvalue weighted by Gasteiger charge is 2.31. The summed E-state index contributed by atoms with van der Waals surface area (Å²) in [5.74, 6) is -7.25. The van der Waals surface area contributed by atoms with Crippen LogP contribution in [0.1, 0.15) is 24.8 Å². The molecule has 0 saturated carbocycles. The van der Waals surface area contributed by atoms with E-state index in [0.29, 0.717) is 0 Å². The third-order valence-corrected chi connectivity index (χ3v) is 5.09. The normalized spacial score (nSPS) is 14.0. The fraction of sp³-hybridized carbons (Fsp3) is 0.429. The molecule has 4 unspecified atom stereocenters. The van der Waals surface area contributed by atoms with Crippen LogP contribution in [0.25, 0.3) is 0 Å². The third-order valence-electron chi connectivity index (χ3n) is 4.72. The lowest BCUT2D eigenvalue weighted by molar-refractivity contribution is -0.144. The van der Waals surface area contributed by atoms with Crippen molar-refractivity contribution in [2.45, 2.75) is 49.9 Å². The summed E-state index contributed by atoms with van der Waals surface area (Å²) in [7, 11) is 0. The van der Waals surface area contributed by atoms with Gasteiger partial charge in [-0.05, 0) is 18.4 Å². The molecule has 14 heteroatoms. The zero-order valence-corrected chi connectivity index (χ0v) is 19.4. The van der Waals surface area contributed by atoms with Crippen LogP contribution in [0.15, 0.2) is 30.3 Å². The molecular weight excluding hydrogens is 484 g/mol. The van der Waals surface area contributed by atoms with Crippen molar-refractivity contribution < 1.29 is 44.1 Å². The molecule has 0 radical (unpaired) electrons. The monoisotopic (exact) mass is 512 g/mol. The Kier molecular flexibility index (Phi) is 12.2. The van der Waals surface area contributed by atoms with Crippen molar-refractivity contribution in [3.05, 3.63) is 35.9 Å². The fourth-order valence-electron chi connectivity index (χ4n) is 2.89. The standard InChI is InChI=1S/C21H28N4O9S/c22-12(8-11-4-2-1-3-5-11)18(30)24-14(9-17(28)29)19(31)25-15(10-35)20(32)23-13(21(33)34)6-7-16(26)27/h1-5,12-15,35H,6-10,22H2,(H,23,32)(H,24,30)(H,25,31)(H,26,27)(H,28,29)(H,33,34). The summed E-state index contributed by atoms with van der Waals surface area (Å²) in [5, 5.41) is 33.6.